The second-order valence-electron chi connectivity index (χ2n) is 7.93. The molecule has 1 N–H and O–H groups in total. The van der Waals surface area contributed by atoms with Crippen molar-refractivity contribution in [1.82, 2.24) is 14.4 Å². The smallest absolute Gasteiger partial charge is 0.433 e. The summed E-state index contributed by atoms with van der Waals surface area (Å²) in [4.78, 5) is 20.8. The Morgan fingerprint density at radius 2 is 1.91 bits per heavy atom. The van der Waals surface area contributed by atoms with Crippen LogP contribution in [0.4, 0.5) is 18.9 Å². The fourth-order valence-corrected chi connectivity index (χ4v) is 3.69. The van der Waals surface area contributed by atoms with E-state index < -0.39 is 17.8 Å². The maximum absolute atomic E-state index is 13.0. The molecule has 0 radical (unpaired) electrons. The van der Waals surface area contributed by atoms with Crippen LogP contribution in [-0.4, -0.2) is 31.7 Å². The number of carbonyl (C=O) groups is 1. The predicted octanol–water partition coefficient (Wildman–Crippen LogP) is 6.29. The third kappa shape index (κ3) is 6.93. The van der Waals surface area contributed by atoms with E-state index in [1.807, 2.05) is 20.0 Å². The molecule has 0 bridgehead atoms. The fourth-order valence-electron chi connectivity index (χ4n) is 3.29. The number of rotatable bonds is 10. The van der Waals surface area contributed by atoms with Crippen LogP contribution in [0.25, 0.3) is 5.65 Å². The summed E-state index contributed by atoms with van der Waals surface area (Å²) in [7, 11) is 0. The number of imidazole rings is 1. The van der Waals surface area contributed by atoms with Crippen molar-refractivity contribution in [2.24, 2.45) is 0 Å². The number of aryl methyl sites for hydroxylation is 1. The lowest BCUT2D eigenvalue weighted by Crippen LogP contribution is -2.18. The fraction of sp³-hybridized carbons (Fsp3) is 0.435. The molecule has 0 aliphatic carbocycles. The van der Waals surface area contributed by atoms with E-state index in [9.17, 15) is 18.0 Å². The van der Waals surface area contributed by atoms with Crippen LogP contribution < -0.4 is 10.1 Å². The van der Waals surface area contributed by atoms with E-state index in [-0.39, 0.29) is 11.8 Å². The molecular weight excluding hydrogens is 501 g/mol. The standard InChI is InChI=1S/C23H26BrF3N4O2/c1-15(2)33-19-12-21-28-16(8-5-3-4-6-11-24)13-31(21)14-18(19)30-22(32)17-9-7-10-20(29-17)23(25,26)27/h7,9-10,12-15H,3-6,8,11H2,1-2H3,(H,30,32). The average molecular weight is 527 g/mol. The van der Waals surface area contributed by atoms with Gasteiger partial charge < -0.3 is 14.5 Å². The molecule has 0 fully saturated rings. The maximum Gasteiger partial charge on any atom is 0.433 e. The Hall–Kier alpha value is -2.62. The Bertz CT molecular complexity index is 1100. The molecule has 0 atom stereocenters. The number of hydrogen-bond acceptors (Lipinski definition) is 4. The van der Waals surface area contributed by atoms with Gasteiger partial charge in [-0.3, -0.25) is 4.79 Å². The molecule has 33 heavy (non-hydrogen) atoms. The SMILES string of the molecule is CC(C)Oc1cc2nc(CCCCCCBr)cn2cc1NC(=O)c1cccc(C(F)(F)F)n1. The highest BCUT2D eigenvalue weighted by Crippen LogP contribution is 2.30. The summed E-state index contributed by atoms with van der Waals surface area (Å²) in [6, 6.07) is 4.92. The van der Waals surface area contributed by atoms with Crippen LogP contribution in [0.5, 0.6) is 5.75 Å². The summed E-state index contributed by atoms with van der Waals surface area (Å²) in [5, 5.41) is 3.64. The number of nitrogens with one attached hydrogen (secondary N) is 1. The highest BCUT2D eigenvalue weighted by Gasteiger charge is 2.33. The number of halogens is 4. The van der Waals surface area contributed by atoms with Crippen LogP contribution in [0.2, 0.25) is 0 Å². The van der Waals surface area contributed by atoms with E-state index in [4.69, 9.17) is 4.74 Å². The molecule has 1 amide bonds. The lowest BCUT2D eigenvalue weighted by Gasteiger charge is -2.15. The van der Waals surface area contributed by atoms with E-state index in [1.54, 1.807) is 16.7 Å². The van der Waals surface area contributed by atoms with Crippen LogP contribution in [0.1, 0.15) is 61.4 Å². The third-order valence-electron chi connectivity index (χ3n) is 4.80. The Balaban J connectivity index is 1.83. The van der Waals surface area contributed by atoms with Crippen molar-refractivity contribution in [2.45, 2.75) is 58.2 Å². The van der Waals surface area contributed by atoms with Gasteiger partial charge in [0.25, 0.3) is 5.91 Å². The average Bonchev–Trinajstić information content (AvgIpc) is 3.14. The number of nitrogens with zero attached hydrogens (tertiary/aromatic N) is 3. The highest BCUT2D eigenvalue weighted by molar-refractivity contribution is 9.09. The molecule has 0 aromatic carbocycles. The zero-order chi connectivity index (χ0) is 24.0. The van der Waals surface area contributed by atoms with E-state index in [2.05, 4.69) is 31.2 Å². The molecule has 3 heterocycles. The summed E-state index contributed by atoms with van der Waals surface area (Å²) >= 11 is 3.43. The Morgan fingerprint density at radius 1 is 1.15 bits per heavy atom. The minimum absolute atomic E-state index is 0.182. The largest absolute Gasteiger partial charge is 0.489 e. The second kappa shape index (κ2) is 11.0. The molecule has 0 saturated heterocycles. The summed E-state index contributed by atoms with van der Waals surface area (Å²) in [5.74, 6) is -0.381. The lowest BCUT2D eigenvalue weighted by atomic mass is 10.1. The van der Waals surface area contributed by atoms with Crippen molar-refractivity contribution in [3.05, 3.63) is 53.7 Å². The molecule has 0 unspecified atom stereocenters. The third-order valence-corrected chi connectivity index (χ3v) is 5.36. The van der Waals surface area contributed by atoms with Crippen molar-refractivity contribution >= 4 is 33.2 Å². The molecule has 3 aromatic rings. The van der Waals surface area contributed by atoms with Gasteiger partial charge in [0.05, 0.1) is 11.8 Å². The number of carbonyl (C=O) groups excluding carboxylic acids is 1. The second-order valence-corrected chi connectivity index (χ2v) is 8.72. The summed E-state index contributed by atoms with van der Waals surface area (Å²) in [5.41, 5.74) is 0.445. The lowest BCUT2D eigenvalue weighted by molar-refractivity contribution is -0.141. The van der Waals surface area contributed by atoms with Crippen LogP contribution in [-0.2, 0) is 12.6 Å². The van der Waals surface area contributed by atoms with Crippen LogP contribution >= 0.6 is 15.9 Å². The Kier molecular flexibility index (Phi) is 8.34. The van der Waals surface area contributed by atoms with Gasteiger partial charge in [-0.25, -0.2) is 9.97 Å². The number of hydrogen-bond donors (Lipinski definition) is 1. The monoisotopic (exact) mass is 526 g/mol. The Morgan fingerprint density at radius 3 is 2.61 bits per heavy atom. The predicted molar refractivity (Wildman–Crippen MR) is 124 cm³/mol. The quantitative estimate of drug-likeness (QED) is 0.249. The van der Waals surface area contributed by atoms with Gasteiger partial charge in [0, 0.05) is 23.8 Å². The van der Waals surface area contributed by atoms with Gasteiger partial charge in [-0.1, -0.05) is 34.8 Å². The number of fused-ring (bicyclic) bond motifs is 1. The zero-order valence-corrected chi connectivity index (χ0v) is 20.0. The topological polar surface area (TPSA) is 68.5 Å². The van der Waals surface area contributed by atoms with E-state index in [0.29, 0.717) is 17.1 Å². The number of amides is 1. The van der Waals surface area contributed by atoms with Crippen molar-refractivity contribution in [3.63, 3.8) is 0 Å². The van der Waals surface area contributed by atoms with Crippen LogP contribution in [0.15, 0.2) is 36.7 Å². The number of aromatic nitrogens is 3. The van der Waals surface area contributed by atoms with Gasteiger partial charge in [-0.15, -0.1) is 0 Å². The van der Waals surface area contributed by atoms with Crippen LogP contribution in [0, 0.1) is 0 Å². The van der Waals surface area contributed by atoms with Gasteiger partial charge in [0.2, 0.25) is 0 Å². The van der Waals surface area contributed by atoms with E-state index in [0.717, 1.165) is 55.3 Å². The number of ether oxygens (including phenoxy) is 1. The van der Waals surface area contributed by atoms with Gasteiger partial charge >= 0.3 is 6.18 Å². The first-order valence-electron chi connectivity index (χ1n) is 10.8. The van der Waals surface area contributed by atoms with Crippen molar-refractivity contribution in [2.75, 3.05) is 10.6 Å². The first kappa shape index (κ1) is 25.0. The van der Waals surface area contributed by atoms with Gasteiger partial charge in [-0.05, 0) is 45.2 Å². The Labute approximate surface area is 198 Å². The summed E-state index contributed by atoms with van der Waals surface area (Å²) < 4.78 is 46.5. The molecule has 0 aliphatic rings. The molecule has 3 aromatic heterocycles. The molecule has 0 saturated carbocycles. The van der Waals surface area contributed by atoms with E-state index in [1.165, 1.54) is 6.07 Å². The van der Waals surface area contributed by atoms with Gasteiger partial charge in [0.15, 0.2) is 0 Å². The van der Waals surface area contributed by atoms with E-state index >= 15 is 0 Å². The van der Waals surface area contributed by atoms with Crippen molar-refractivity contribution in [3.8, 4) is 5.75 Å². The molecule has 0 spiro atoms. The van der Waals surface area contributed by atoms with Gasteiger partial charge in [0.1, 0.15) is 28.5 Å². The first-order chi connectivity index (χ1) is 15.7. The van der Waals surface area contributed by atoms with Crippen LogP contribution in [0.3, 0.4) is 0 Å². The number of anilines is 1. The molecule has 6 nitrogen and oxygen atoms in total. The number of alkyl halides is 4. The molecule has 3 rings (SSSR count). The summed E-state index contributed by atoms with van der Waals surface area (Å²) in [6.45, 7) is 3.68. The summed E-state index contributed by atoms with van der Waals surface area (Å²) in [6.07, 6.45) is 4.00. The molecular formula is C23H26BrF3N4O2. The van der Waals surface area contributed by atoms with Crippen molar-refractivity contribution in [1.29, 1.82) is 0 Å². The maximum atomic E-state index is 13.0. The minimum Gasteiger partial charge on any atom is -0.489 e. The number of pyridine rings is 2. The minimum atomic E-state index is -4.64. The van der Waals surface area contributed by atoms with Crippen molar-refractivity contribution < 1.29 is 22.7 Å². The normalized spacial score (nSPS) is 11.8. The van der Waals surface area contributed by atoms with Gasteiger partial charge in [-0.2, -0.15) is 13.2 Å². The molecule has 10 heteroatoms. The number of unbranched alkanes of at least 4 members (excludes halogenated alkanes) is 3. The molecule has 178 valence electrons. The molecule has 0 aliphatic heterocycles. The first-order valence-corrected chi connectivity index (χ1v) is 11.9. The zero-order valence-electron chi connectivity index (χ0n) is 18.5. The highest BCUT2D eigenvalue weighted by atomic mass is 79.9.